The Morgan fingerprint density at radius 3 is 2.30 bits per heavy atom. The van der Waals surface area contributed by atoms with Crippen molar-refractivity contribution >= 4 is 41.4 Å². The summed E-state index contributed by atoms with van der Waals surface area (Å²) in [4.78, 5) is 27.4. The Bertz CT molecular complexity index is 1170. The minimum absolute atomic E-state index is 0.0294. The molecule has 0 saturated carbocycles. The van der Waals surface area contributed by atoms with Crippen molar-refractivity contribution in [1.29, 1.82) is 0 Å². The molecule has 3 rings (SSSR count). The predicted molar refractivity (Wildman–Crippen MR) is 130 cm³/mol. The summed E-state index contributed by atoms with van der Waals surface area (Å²) >= 11 is 5.97. The lowest BCUT2D eigenvalue weighted by Crippen LogP contribution is -2.32. The lowest BCUT2D eigenvalue weighted by Gasteiger charge is -2.12. The third kappa shape index (κ3) is 6.51. The SMILES string of the molecule is CN(C)c1ccc(/C=C(/NC(=O)c2ccccc2)C(=O)N/N=C\c2c(F)cccc2Cl)cc1. The molecule has 0 radical (unpaired) electrons. The predicted octanol–water partition coefficient (Wildman–Crippen LogP) is 4.47. The molecule has 33 heavy (non-hydrogen) atoms. The number of nitrogens with one attached hydrogen (secondary N) is 2. The zero-order valence-corrected chi connectivity index (χ0v) is 18.8. The first-order valence-electron chi connectivity index (χ1n) is 9.98. The molecule has 0 saturated heterocycles. The van der Waals surface area contributed by atoms with Gasteiger partial charge in [-0.05, 0) is 48.0 Å². The number of amides is 2. The molecule has 8 heteroatoms. The number of carbonyl (C=O) groups excluding carboxylic acids is 2. The third-order valence-corrected chi connectivity index (χ3v) is 4.94. The van der Waals surface area contributed by atoms with E-state index < -0.39 is 17.6 Å². The van der Waals surface area contributed by atoms with Crippen molar-refractivity contribution in [2.75, 3.05) is 19.0 Å². The Morgan fingerprint density at radius 2 is 1.67 bits per heavy atom. The van der Waals surface area contributed by atoms with Gasteiger partial charge in [0.2, 0.25) is 0 Å². The van der Waals surface area contributed by atoms with Gasteiger partial charge in [0.25, 0.3) is 11.8 Å². The highest BCUT2D eigenvalue weighted by Gasteiger charge is 2.14. The van der Waals surface area contributed by atoms with E-state index in [0.29, 0.717) is 11.1 Å². The van der Waals surface area contributed by atoms with E-state index in [1.807, 2.05) is 43.3 Å². The molecule has 0 spiro atoms. The normalized spacial score (nSPS) is 11.3. The fourth-order valence-corrected chi connectivity index (χ4v) is 3.04. The van der Waals surface area contributed by atoms with Gasteiger partial charge in [-0.2, -0.15) is 5.10 Å². The Labute approximate surface area is 196 Å². The Kier molecular flexibility index (Phi) is 7.94. The van der Waals surface area contributed by atoms with Gasteiger partial charge in [0.05, 0.1) is 11.2 Å². The van der Waals surface area contributed by atoms with Crippen molar-refractivity contribution in [3.05, 3.63) is 106 Å². The van der Waals surface area contributed by atoms with Gasteiger partial charge >= 0.3 is 0 Å². The summed E-state index contributed by atoms with van der Waals surface area (Å²) in [5.74, 6) is -1.71. The van der Waals surface area contributed by atoms with Crippen LogP contribution in [0.15, 0.2) is 83.6 Å². The number of hydrogen-bond acceptors (Lipinski definition) is 4. The quantitative estimate of drug-likeness (QED) is 0.308. The first kappa shape index (κ1) is 23.7. The van der Waals surface area contributed by atoms with E-state index in [9.17, 15) is 14.0 Å². The van der Waals surface area contributed by atoms with Gasteiger partial charge in [-0.1, -0.05) is 48.0 Å². The van der Waals surface area contributed by atoms with Gasteiger partial charge in [0.15, 0.2) is 0 Å². The van der Waals surface area contributed by atoms with Crippen LogP contribution in [0.2, 0.25) is 5.02 Å². The van der Waals surface area contributed by atoms with E-state index in [1.165, 1.54) is 24.3 Å². The number of hydrogen-bond donors (Lipinski definition) is 2. The molecule has 0 atom stereocenters. The summed E-state index contributed by atoms with van der Waals surface area (Å²) in [6, 6.07) is 20.1. The second-order valence-corrected chi connectivity index (χ2v) is 7.61. The van der Waals surface area contributed by atoms with Crippen LogP contribution >= 0.6 is 11.6 Å². The first-order chi connectivity index (χ1) is 15.8. The maximum atomic E-state index is 13.9. The number of rotatable bonds is 7. The number of nitrogens with zero attached hydrogens (tertiary/aromatic N) is 2. The van der Waals surface area contributed by atoms with Crippen LogP contribution in [0.3, 0.4) is 0 Å². The van der Waals surface area contributed by atoms with Crippen molar-refractivity contribution in [2.45, 2.75) is 0 Å². The third-order valence-electron chi connectivity index (χ3n) is 4.61. The topological polar surface area (TPSA) is 73.8 Å². The van der Waals surface area contributed by atoms with Crippen molar-refractivity contribution in [1.82, 2.24) is 10.7 Å². The minimum Gasteiger partial charge on any atom is -0.378 e. The van der Waals surface area contributed by atoms with E-state index in [1.54, 1.807) is 30.3 Å². The standard InChI is InChI=1S/C25H22ClFN4O2/c1-31(2)19-13-11-17(12-14-19)15-23(29-24(32)18-7-4-3-5-8-18)25(33)30-28-16-20-21(26)9-6-10-22(20)27/h3-16H,1-2H3,(H,29,32)(H,30,33)/b23-15+,28-16-. The van der Waals surface area contributed by atoms with E-state index in [2.05, 4.69) is 15.8 Å². The zero-order chi connectivity index (χ0) is 23.8. The highest BCUT2D eigenvalue weighted by molar-refractivity contribution is 6.33. The smallest absolute Gasteiger partial charge is 0.287 e. The van der Waals surface area contributed by atoms with Crippen molar-refractivity contribution < 1.29 is 14.0 Å². The molecule has 0 aromatic heterocycles. The van der Waals surface area contributed by atoms with Crippen molar-refractivity contribution in [2.24, 2.45) is 5.10 Å². The molecule has 0 fully saturated rings. The largest absolute Gasteiger partial charge is 0.378 e. The molecule has 0 bridgehead atoms. The lowest BCUT2D eigenvalue weighted by atomic mass is 10.1. The Morgan fingerprint density at radius 1 is 0.970 bits per heavy atom. The van der Waals surface area contributed by atoms with Crippen LogP contribution in [0.5, 0.6) is 0 Å². The van der Waals surface area contributed by atoms with Gasteiger partial charge in [0, 0.05) is 30.9 Å². The molecule has 6 nitrogen and oxygen atoms in total. The summed E-state index contributed by atoms with van der Waals surface area (Å²) in [6.45, 7) is 0. The Balaban J connectivity index is 1.84. The molecule has 3 aromatic carbocycles. The molecular formula is C25H22ClFN4O2. The van der Waals surface area contributed by atoms with Crippen molar-refractivity contribution in [3.8, 4) is 0 Å². The fourth-order valence-electron chi connectivity index (χ4n) is 2.83. The van der Waals surface area contributed by atoms with Crippen LogP contribution < -0.4 is 15.6 Å². The summed E-state index contributed by atoms with van der Waals surface area (Å²) in [6.07, 6.45) is 2.64. The maximum absolute atomic E-state index is 13.9. The molecule has 3 aromatic rings. The summed E-state index contributed by atoms with van der Waals surface area (Å²) in [7, 11) is 3.84. The molecule has 2 N–H and O–H groups in total. The average molecular weight is 465 g/mol. The number of anilines is 1. The lowest BCUT2D eigenvalue weighted by molar-refractivity contribution is -0.117. The second-order valence-electron chi connectivity index (χ2n) is 7.20. The fraction of sp³-hybridized carbons (Fsp3) is 0.0800. The van der Waals surface area contributed by atoms with Gasteiger partial charge in [-0.15, -0.1) is 0 Å². The number of benzene rings is 3. The molecule has 0 aliphatic rings. The number of halogens is 2. The maximum Gasteiger partial charge on any atom is 0.287 e. The molecule has 168 valence electrons. The number of carbonyl (C=O) groups is 2. The number of hydrazone groups is 1. The van der Waals surface area contributed by atoms with Crippen molar-refractivity contribution in [3.63, 3.8) is 0 Å². The van der Waals surface area contributed by atoms with Crippen LogP contribution in [-0.4, -0.2) is 32.1 Å². The first-order valence-corrected chi connectivity index (χ1v) is 10.4. The van der Waals surface area contributed by atoms with Gasteiger partial charge in [-0.3, -0.25) is 9.59 Å². The molecular weight excluding hydrogens is 443 g/mol. The monoisotopic (exact) mass is 464 g/mol. The van der Waals surface area contributed by atoms with Crippen LogP contribution in [0.1, 0.15) is 21.5 Å². The van der Waals surface area contributed by atoms with Gasteiger partial charge < -0.3 is 10.2 Å². The molecule has 0 unspecified atom stereocenters. The van der Waals surface area contributed by atoms with Crippen LogP contribution in [0, 0.1) is 5.82 Å². The van der Waals surface area contributed by atoms with E-state index >= 15 is 0 Å². The van der Waals surface area contributed by atoms with Crippen LogP contribution in [0.25, 0.3) is 6.08 Å². The summed E-state index contributed by atoms with van der Waals surface area (Å²) in [5, 5.41) is 6.57. The molecule has 2 amide bonds. The molecule has 0 heterocycles. The van der Waals surface area contributed by atoms with E-state index in [4.69, 9.17) is 11.6 Å². The Hall–Kier alpha value is -3.97. The van der Waals surface area contributed by atoms with Crippen LogP contribution in [-0.2, 0) is 4.79 Å². The minimum atomic E-state index is -0.681. The summed E-state index contributed by atoms with van der Waals surface area (Å²) in [5.41, 5.74) is 4.38. The highest BCUT2D eigenvalue weighted by atomic mass is 35.5. The van der Waals surface area contributed by atoms with E-state index in [-0.39, 0.29) is 16.3 Å². The second kappa shape index (κ2) is 11.1. The van der Waals surface area contributed by atoms with Gasteiger partial charge in [0.1, 0.15) is 11.5 Å². The average Bonchev–Trinajstić information content (AvgIpc) is 2.81. The van der Waals surface area contributed by atoms with Crippen LogP contribution in [0.4, 0.5) is 10.1 Å². The zero-order valence-electron chi connectivity index (χ0n) is 18.0. The van der Waals surface area contributed by atoms with E-state index in [0.717, 1.165) is 11.9 Å². The highest BCUT2D eigenvalue weighted by Crippen LogP contribution is 2.17. The molecule has 0 aliphatic carbocycles. The molecule has 0 aliphatic heterocycles. The van der Waals surface area contributed by atoms with Gasteiger partial charge in [-0.25, -0.2) is 9.82 Å². The summed E-state index contributed by atoms with van der Waals surface area (Å²) < 4.78 is 13.9.